The molecule has 4 rings (SSSR count). The van der Waals surface area contributed by atoms with Crippen LogP contribution < -0.4 is 10.1 Å². The molecule has 0 spiro atoms. The van der Waals surface area contributed by atoms with E-state index in [1.807, 2.05) is 36.0 Å². The molecule has 0 saturated heterocycles. The molecule has 132 valence electrons. The molecule has 1 aliphatic heterocycles. The minimum atomic E-state index is 0.416. The molecule has 2 heterocycles. The van der Waals surface area contributed by atoms with Gasteiger partial charge < -0.3 is 10.1 Å². The largest absolute Gasteiger partial charge is 0.497 e. The van der Waals surface area contributed by atoms with E-state index in [2.05, 4.69) is 46.8 Å². The Morgan fingerprint density at radius 2 is 2.00 bits per heavy atom. The monoisotopic (exact) mass is 346 g/mol. The molecule has 0 radical (unpaired) electrons. The highest BCUT2D eigenvalue weighted by Gasteiger charge is 2.13. The van der Waals surface area contributed by atoms with Crippen LogP contribution in [0.3, 0.4) is 0 Å². The van der Waals surface area contributed by atoms with Gasteiger partial charge in [-0.05, 0) is 42.3 Å². The molecule has 26 heavy (non-hydrogen) atoms. The van der Waals surface area contributed by atoms with Crippen LogP contribution >= 0.6 is 0 Å². The summed E-state index contributed by atoms with van der Waals surface area (Å²) in [5.41, 5.74) is 3.35. The molecule has 0 saturated carbocycles. The molecule has 5 nitrogen and oxygen atoms in total. The van der Waals surface area contributed by atoms with Crippen LogP contribution in [0.1, 0.15) is 5.56 Å². The summed E-state index contributed by atoms with van der Waals surface area (Å²) in [6.07, 6.45) is 5.39. The number of rotatable bonds is 5. The van der Waals surface area contributed by atoms with E-state index in [0.717, 1.165) is 41.5 Å². The maximum atomic E-state index is 5.22. The van der Waals surface area contributed by atoms with E-state index >= 15 is 0 Å². The summed E-state index contributed by atoms with van der Waals surface area (Å²) in [4.78, 5) is 4.76. The predicted octanol–water partition coefficient (Wildman–Crippen LogP) is 3.23. The van der Waals surface area contributed by atoms with Gasteiger partial charge in [0.25, 0.3) is 0 Å². The van der Waals surface area contributed by atoms with Crippen LogP contribution in [0.5, 0.6) is 5.75 Å². The molecule has 0 amide bonds. The van der Waals surface area contributed by atoms with Crippen LogP contribution in [-0.2, 0) is 13.5 Å². The van der Waals surface area contributed by atoms with E-state index in [-0.39, 0.29) is 0 Å². The Balaban J connectivity index is 1.61. The lowest BCUT2D eigenvalue weighted by molar-refractivity contribution is 0.415. The Morgan fingerprint density at radius 1 is 1.15 bits per heavy atom. The van der Waals surface area contributed by atoms with Crippen molar-refractivity contribution in [3.63, 3.8) is 0 Å². The van der Waals surface area contributed by atoms with Crippen LogP contribution in [0.25, 0.3) is 22.8 Å². The molecule has 1 atom stereocenters. The first-order valence-electron chi connectivity index (χ1n) is 8.78. The van der Waals surface area contributed by atoms with Gasteiger partial charge in [-0.1, -0.05) is 30.4 Å². The lowest BCUT2D eigenvalue weighted by Crippen LogP contribution is -2.24. The highest BCUT2D eigenvalue weighted by molar-refractivity contribution is 5.62. The van der Waals surface area contributed by atoms with E-state index in [1.54, 1.807) is 7.11 Å². The van der Waals surface area contributed by atoms with Crippen molar-refractivity contribution in [3.8, 4) is 28.5 Å². The minimum absolute atomic E-state index is 0.416. The summed E-state index contributed by atoms with van der Waals surface area (Å²) in [6, 6.07) is 16.8. The third kappa shape index (κ3) is 3.39. The van der Waals surface area contributed by atoms with Crippen molar-refractivity contribution in [3.05, 3.63) is 66.2 Å². The third-order valence-corrected chi connectivity index (χ3v) is 4.62. The SMILES string of the molecule is COc1ccc(-c2nc(-c3cccc(CC4C=CCN4)c3)n(C)n2)cc1. The van der Waals surface area contributed by atoms with Crippen LogP contribution in [0.4, 0.5) is 0 Å². The van der Waals surface area contributed by atoms with E-state index < -0.39 is 0 Å². The standard InChI is InChI=1S/C21H22N4O/c1-25-21(23-20(24-25)16-8-10-19(26-2)11-9-16)17-6-3-5-15(13-17)14-18-7-4-12-22-18/h3-11,13,18,22H,12,14H2,1-2H3. The molecule has 1 aliphatic rings. The van der Waals surface area contributed by atoms with Crippen LogP contribution in [-0.4, -0.2) is 34.5 Å². The summed E-state index contributed by atoms with van der Waals surface area (Å²) < 4.78 is 7.05. The van der Waals surface area contributed by atoms with Gasteiger partial charge in [-0.3, -0.25) is 0 Å². The van der Waals surface area contributed by atoms with Gasteiger partial charge >= 0.3 is 0 Å². The molecule has 5 heteroatoms. The van der Waals surface area contributed by atoms with Crippen molar-refractivity contribution < 1.29 is 4.74 Å². The first kappa shape index (κ1) is 16.5. The average Bonchev–Trinajstić information content (AvgIpc) is 3.32. The number of aromatic nitrogens is 3. The normalized spacial score (nSPS) is 16.2. The van der Waals surface area contributed by atoms with E-state index in [0.29, 0.717) is 6.04 Å². The number of nitrogens with one attached hydrogen (secondary N) is 1. The van der Waals surface area contributed by atoms with Gasteiger partial charge in [0.2, 0.25) is 0 Å². The molecule has 1 unspecified atom stereocenters. The van der Waals surface area contributed by atoms with Crippen molar-refractivity contribution in [1.29, 1.82) is 0 Å². The second kappa shape index (κ2) is 7.14. The number of hydrogen-bond donors (Lipinski definition) is 1. The van der Waals surface area contributed by atoms with Crippen molar-refractivity contribution in [2.24, 2.45) is 7.05 Å². The molecule has 2 aromatic carbocycles. The maximum Gasteiger partial charge on any atom is 0.181 e. The molecule has 1 aromatic heterocycles. The minimum Gasteiger partial charge on any atom is -0.497 e. The van der Waals surface area contributed by atoms with Gasteiger partial charge in [0.05, 0.1) is 7.11 Å². The smallest absolute Gasteiger partial charge is 0.181 e. The number of ether oxygens (including phenoxy) is 1. The topological polar surface area (TPSA) is 52.0 Å². The summed E-state index contributed by atoms with van der Waals surface area (Å²) >= 11 is 0. The van der Waals surface area contributed by atoms with Crippen molar-refractivity contribution in [2.75, 3.05) is 13.7 Å². The van der Waals surface area contributed by atoms with Crippen LogP contribution in [0.15, 0.2) is 60.7 Å². The lowest BCUT2D eigenvalue weighted by atomic mass is 10.0. The first-order chi connectivity index (χ1) is 12.7. The van der Waals surface area contributed by atoms with Gasteiger partial charge in [-0.15, -0.1) is 0 Å². The van der Waals surface area contributed by atoms with Gasteiger partial charge in [0.1, 0.15) is 5.75 Å². The highest BCUT2D eigenvalue weighted by atomic mass is 16.5. The zero-order chi connectivity index (χ0) is 17.9. The highest BCUT2D eigenvalue weighted by Crippen LogP contribution is 2.24. The molecular formula is C21H22N4O. The molecule has 1 N–H and O–H groups in total. The van der Waals surface area contributed by atoms with Crippen molar-refractivity contribution in [1.82, 2.24) is 20.1 Å². The van der Waals surface area contributed by atoms with E-state index in [1.165, 1.54) is 5.56 Å². The molecule has 0 bridgehead atoms. The van der Waals surface area contributed by atoms with Gasteiger partial charge in [-0.2, -0.15) is 5.10 Å². The Kier molecular flexibility index (Phi) is 4.54. The Labute approximate surface area is 153 Å². The molecule has 0 aliphatic carbocycles. The van der Waals surface area contributed by atoms with Crippen LogP contribution in [0.2, 0.25) is 0 Å². The molecular weight excluding hydrogens is 324 g/mol. The van der Waals surface area contributed by atoms with Crippen molar-refractivity contribution >= 4 is 0 Å². The van der Waals surface area contributed by atoms with Gasteiger partial charge in [-0.25, -0.2) is 9.67 Å². The maximum absolute atomic E-state index is 5.22. The first-order valence-corrected chi connectivity index (χ1v) is 8.78. The summed E-state index contributed by atoms with van der Waals surface area (Å²) in [6.45, 7) is 0.957. The van der Waals surface area contributed by atoms with Crippen molar-refractivity contribution in [2.45, 2.75) is 12.5 Å². The fourth-order valence-corrected chi connectivity index (χ4v) is 3.25. The number of methoxy groups -OCH3 is 1. The third-order valence-electron chi connectivity index (χ3n) is 4.62. The zero-order valence-electron chi connectivity index (χ0n) is 15.0. The van der Waals surface area contributed by atoms with Crippen LogP contribution in [0, 0.1) is 0 Å². The van der Waals surface area contributed by atoms with E-state index in [4.69, 9.17) is 9.72 Å². The number of benzene rings is 2. The summed E-state index contributed by atoms with van der Waals surface area (Å²) in [5, 5.41) is 8.04. The van der Waals surface area contributed by atoms with Gasteiger partial charge in [0, 0.05) is 30.8 Å². The Morgan fingerprint density at radius 3 is 2.73 bits per heavy atom. The quantitative estimate of drug-likeness (QED) is 0.721. The number of nitrogens with zero attached hydrogens (tertiary/aromatic N) is 3. The average molecular weight is 346 g/mol. The molecule has 0 fully saturated rings. The fourth-order valence-electron chi connectivity index (χ4n) is 3.25. The Hall–Kier alpha value is -2.92. The second-order valence-electron chi connectivity index (χ2n) is 6.46. The summed E-state index contributed by atoms with van der Waals surface area (Å²) in [7, 11) is 3.60. The van der Waals surface area contributed by atoms with Gasteiger partial charge in [0.15, 0.2) is 11.6 Å². The number of hydrogen-bond acceptors (Lipinski definition) is 4. The zero-order valence-corrected chi connectivity index (χ0v) is 15.0. The fraction of sp³-hybridized carbons (Fsp3) is 0.238. The number of aryl methyl sites for hydroxylation is 1. The summed E-state index contributed by atoms with van der Waals surface area (Å²) in [5.74, 6) is 2.41. The molecule has 3 aromatic rings. The lowest BCUT2D eigenvalue weighted by Gasteiger charge is -2.10. The predicted molar refractivity (Wildman–Crippen MR) is 103 cm³/mol. The Bertz CT molecular complexity index is 927. The van der Waals surface area contributed by atoms with E-state index in [9.17, 15) is 0 Å². The second-order valence-corrected chi connectivity index (χ2v) is 6.46.